The van der Waals surface area contributed by atoms with Crippen molar-refractivity contribution in [2.75, 3.05) is 6.54 Å². The van der Waals surface area contributed by atoms with Gasteiger partial charge in [0.25, 0.3) is 5.91 Å². The van der Waals surface area contributed by atoms with Gasteiger partial charge in [-0.25, -0.2) is 4.39 Å². The number of halogens is 1. The summed E-state index contributed by atoms with van der Waals surface area (Å²) >= 11 is 0. The number of hydrogen-bond donors (Lipinski definition) is 2. The van der Waals surface area contributed by atoms with Crippen molar-refractivity contribution in [3.05, 3.63) is 71.2 Å². The van der Waals surface area contributed by atoms with Crippen LogP contribution in [0.1, 0.15) is 40.9 Å². The van der Waals surface area contributed by atoms with Crippen molar-refractivity contribution >= 4 is 22.7 Å². The molecule has 2 aromatic carbocycles. The summed E-state index contributed by atoms with van der Waals surface area (Å²) in [7, 11) is 0. The Morgan fingerprint density at radius 2 is 2.03 bits per heavy atom. The number of aromatic nitrogens is 1. The molecule has 0 bridgehead atoms. The Kier molecular flexibility index (Phi) is 4.88. The van der Waals surface area contributed by atoms with E-state index in [1.165, 1.54) is 25.3 Å². The molecule has 1 atom stereocenters. The number of hydrogen-bond acceptors (Lipinski definition) is 4. The molecule has 1 aliphatic rings. The lowest BCUT2D eigenvalue weighted by molar-refractivity contribution is -0.129. The van der Waals surface area contributed by atoms with Gasteiger partial charge < -0.3 is 15.3 Å². The zero-order valence-corrected chi connectivity index (χ0v) is 15.9. The molecule has 29 heavy (non-hydrogen) atoms. The molecule has 1 unspecified atom stereocenters. The Bertz CT molecular complexity index is 1120. The van der Waals surface area contributed by atoms with Gasteiger partial charge in [0.15, 0.2) is 0 Å². The Morgan fingerprint density at radius 1 is 1.24 bits per heavy atom. The average molecular weight is 393 g/mol. The van der Waals surface area contributed by atoms with Crippen LogP contribution in [0.25, 0.3) is 10.9 Å². The first-order valence-electron chi connectivity index (χ1n) is 9.35. The van der Waals surface area contributed by atoms with Gasteiger partial charge in [-0.3, -0.25) is 14.6 Å². The Balaban J connectivity index is 1.70. The number of para-hydroxylation sites is 1. The first-order chi connectivity index (χ1) is 13.9. The summed E-state index contributed by atoms with van der Waals surface area (Å²) in [6, 6.07) is 11.0. The van der Waals surface area contributed by atoms with Crippen molar-refractivity contribution in [2.45, 2.75) is 25.9 Å². The number of rotatable bonds is 2. The number of amides is 2. The first kappa shape index (κ1) is 18.9. The van der Waals surface area contributed by atoms with E-state index in [-0.39, 0.29) is 23.8 Å². The van der Waals surface area contributed by atoms with Gasteiger partial charge in [-0.1, -0.05) is 24.3 Å². The third-order valence-electron chi connectivity index (χ3n) is 5.26. The van der Waals surface area contributed by atoms with Crippen LogP contribution < -0.4 is 5.32 Å². The van der Waals surface area contributed by atoms with E-state index in [0.717, 1.165) is 5.56 Å². The summed E-state index contributed by atoms with van der Waals surface area (Å²) in [5.74, 6) is -1.15. The summed E-state index contributed by atoms with van der Waals surface area (Å²) in [6.45, 7) is 2.19. The van der Waals surface area contributed by atoms with Gasteiger partial charge in [-0.05, 0) is 35.7 Å². The Hall–Kier alpha value is -3.48. The highest BCUT2D eigenvalue weighted by Gasteiger charge is 2.27. The molecule has 148 valence electrons. The van der Waals surface area contributed by atoms with Crippen molar-refractivity contribution in [1.29, 1.82) is 0 Å². The van der Waals surface area contributed by atoms with Crippen molar-refractivity contribution in [3.8, 4) is 5.75 Å². The van der Waals surface area contributed by atoms with Gasteiger partial charge in [0.2, 0.25) is 5.91 Å². The fraction of sp³-hybridized carbons (Fsp3) is 0.227. The fourth-order valence-electron chi connectivity index (χ4n) is 3.79. The van der Waals surface area contributed by atoms with E-state index in [9.17, 15) is 19.1 Å². The predicted molar refractivity (Wildman–Crippen MR) is 106 cm³/mol. The minimum atomic E-state index is -0.447. The van der Waals surface area contributed by atoms with E-state index in [2.05, 4.69) is 10.3 Å². The second-order valence-corrected chi connectivity index (χ2v) is 7.13. The SMILES string of the molecule is CC(=O)N1CCC(NC(=O)c2c(O)cnc3ccccc23)c2ccc(F)cc2C1. The molecule has 0 saturated heterocycles. The van der Waals surface area contributed by atoms with Crippen LogP contribution in [0.2, 0.25) is 0 Å². The number of carbonyl (C=O) groups excluding carboxylic acids is 2. The number of nitrogens with zero attached hydrogens (tertiary/aromatic N) is 2. The molecule has 0 radical (unpaired) electrons. The molecule has 3 aromatic rings. The number of benzene rings is 2. The Morgan fingerprint density at radius 3 is 2.83 bits per heavy atom. The fourth-order valence-corrected chi connectivity index (χ4v) is 3.79. The van der Waals surface area contributed by atoms with Crippen LogP contribution in [0.3, 0.4) is 0 Å². The van der Waals surface area contributed by atoms with Gasteiger partial charge in [0.1, 0.15) is 11.6 Å². The molecule has 0 spiro atoms. The maximum absolute atomic E-state index is 13.8. The molecule has 2 amide bonds. The van der Waals surface area contributed by atoms with Crippen molar-refractivity contribution < 1.29 is 19.1 Å². The number of carbonyl (C=O) groups is 2. The van der Waals surface area contributed by atoms with Crippen molar-refractivity contribution in [1.82, 2.24) is 15.2 Å². The van der Waals surface area contributed by atoms with E-state index in [1.807, 2.05) is 0 Å². The summed E-state index contributed by atoms with van der Waals surface area (Å²) < 4.78 is 13.8. The van der Waals surface area contributed by atoms with Crippen LogP contribution in [0, 0.1) is 5.82 Å². The molecular formula is C22H20FN3O3. The second kappa shape index (κ2) is 7.50. The lowest BCUT2D eigenvalue weighted by Crippen LogP contribution is -2.31. The molecule has 1 aliphatic heterocycles. The molecule has 4 rings (SSSR count). The topological polar surface area (TPSA) is 82.5 Å². The molecule has 2 heterocycles. The second-order valence-electron chi connectivity index (χ2n) is 7.13. The van der Waals surface area contributed by atoms with Gasteiger partial charge in [0.05, 0.1) is 23.3 Å². The lowest BCUT2D eigenvalue weighted by atomic mass is 9.98. The molecule has 0 fully saturated rings. The summed E-state index contributed by atoms with van der Waals surface area (Å²) in [5, 5.41) is 13.8. The molecule has 7 heteroatoms. The molecule has 1 aromatic heterocycles. The zero-order valence-electron chi connectivity index (χ0n) is 15.9. The van der Waals surface area contributed by atoms with E-state index < -0.39 is 17.8 Å². The minimum absolute atomic E-state index is 0.107. The maximum Gasteiger partial charge on any atom is 0.256 e. The van der Waals surface area contributed by atoms with Crippen molar-refractivity contribution in [3.63, 3.8) is 0 Å². The smallest absolute Gasteiger partial charge is 0.256 e. The monoisotopic (exact) mass is 393 g/mol. The van der Waals surface area contributed by atoms with E-state index in [1.54, 1.807) is 35.2 Å². The number of pyridine rings is 1. The van der Waals surface area contributed by atoms with Gasteiger partial charge in [-0.2, -0.15) is 0 Å². The van der Waals surface area contributed by atoms with Crippen LogP contribution in [0.5, 0.6) is 5.75 Å². The third kappa shape index (κ3) is 3.63. The van der Waals surface area contributed by atoms with Crippen LogP contribution >= 0.6 is 0 Å². The minimum Gasteiger partial charge on any atom is -0.505 e. The van der Waals surface area contributed by atoms with Gasteiger partial charge >= 0.3 is 0 Å². The van der Waals surface area contributed by atoms with Crippen molar-refractivity contribution in [2.24, 2.45) is 0 Å². The molecular weight excluding hydrogens is 373 g/mol. The number of nitrogens with one attached hydrogen (secondary N) is 1. The molecule has 0 aliphatic carbocycles. The van der Waals surface area contributed by atoms with Crippen LogP contribution in [-0.2, 0) is 11.3 Å². The maximum atomic E-state index is 13.8. The Labute approximate surface area is 167 Å². The largest absolute Gasteiger partial charge is 0.505 e. The van der Waals surface area contributed by atoms with Gasteiger partial charge in [0, 0.05) is 25.4 Å². The molecule has 0 saturated carbocycles. The first-order valence-corrected chi connectivity index (χ1v) is 9.35. The highest BCUT2D eigenvalue weighted by Crippen LogP contribution is 2.30. The van der Waals surface area contributed by atoms with E-state index in [0.29, 0.717) is 29.4 Å². The summed E-state index contributed by atoms with van der Waals surface area (Å²) in [4.78, 5) is 30.8. The normalized spacial score (nSPS) is 16.2. The quantitative estimate of drug-likeness (QED) is 0.700. The number of fused-ring (bicyclic) bond motifs is 2. The molecule has 6 nitrogen and oxygen atoms in total. The van der Waals surface area contributed by atoms with Crippen LogP contribution in [0.4, 0.5) is 4.39 Å². The lowest BCUT2D eigenvalue weighted by Gasteiger charge is -2.20. The van der Waals surface area contributed by atoms with Gasteiger partial charge in [-0.15, -0.1) is 0 Å². The standard InChI is InChI=1S/C22H20FN3O3/c1-13(27)26-9-8-19(16-7-6-15(23)10-14(16)12-26)25-22(29)21-17-4-2-3-5-18(17)24-11-20(21)28/h2-7,10-11,19,28H,8-9,12H2,1H3,(H,25,29). The summed E-state index contributed by atoms with van der Waals surface area (Å²) in [6.07, 6.45) is 1.73. The highest BCUT2D eigenvalue weighted by molar-refractivity contribution is 6.08. The average Bonchev–Trinajstić information content (AvgIpc) is 2.87. The molecule has 2 N–H and O–H groups in total. The summed E-state index contributed by atoms with van der Waals surface area (Å²) in [5.41, 5.74) is 2.17. The highest BCUT2D eigenvalue weighted by atomic mass is 19.1. The van der Waals surface area contributed by atoms with Crippen LogP contribution in [-0.4, -0.2) is 33.3 Å². The van der Waals surface area contributed by atoms with E-state index in [4.69, 9.17) is 0 Å². The number of aromatic hydroxyl groups is 1. The van der Waals surface area contributed by atoms with Crippen LogP contribution in [0.15, 0.2) is 48.7 Å². The zero-order chi connectivity index (χ0) is 20.5. The third-order valence-corrected chi connectivity index (χ3v) is 5.26. The van der Waals surface area contributed by atoms with E-state index >= 15 is 0 Å². The predicted octanol–water partition coefficient (Wildman–Crippen LogP) is 3.30.